The molecule has 6 heteroatoms. The molecule has 0 aromatic carbocycles. The van der Waals surface area contributed by atoms with Crippen molar-refractivity contribution in [3.05, 3.63) is 18.1 Å². The topological polar surface area (TPSA) is 58.1 Å². The van der Waals surface area contributed by atoms with Gasteiger partial charge in [0.2, 0.25) is 0 Å². The van der Waals surface area contributed by atoms with E-state index in [9.17, 15) is 4.79 Å². The molecule has 1 amide bonds. The summed E-state index contributed by atoms with van der Waals surface area (Å²) in [5.74, 6) is 1.68. The fraction of sp³-hybridized carbons (Fsp3) is 0.643. The van der Waals surface area contributed by atoms with E-state index in [-0.39, 0.29) is 11.9 Å². The van der Waals surface area contributed by atoms with Crippen LogP contribution in [0.15, 0.2) is 12.4 Å². The average Bonchev–Trinajstić information content (AvgIpc) is 2.49. The molecule has 0 aliphatic carbocycles. The molecule has 0 bridgehead atoms. The lowest BCUT2D eigenvalue weighted by molar-refractivity contribution is 0.0735. The molecule has 0 saturated heterocycles. The monoisotopic (exact) mass is 296 g/mol. The normalized spacial score (nSPS) is 12.0. The first-order valence-corrected chi connectivity index (χ1v) is 8.31. The van der Waals surface area contributed by atoms with Crippen LogP contribution in [-0.4, -0.2) is 52.4 Å². The lowest BCUT2D eigenvalue weighted by Crippen LogP contribution is -2.36. The number of amides is 1. The summed E-state index contributed by atoms with van der Waals surface area (Å²) in [5.41, 5.74) is 0.394. The van der Waals surface area contributed by atoms with E-state index in [0.29, 0.717) is 11.5 Å². The molecule has 0 spiro atoms. The molecular weight excluding hydrogens is 272 g/mol. The highest BCUT2D eigenvalue weighted by Crippen LogP contribution is 2.10. The minimum atomic E-state index is -0.0758. The van der Waals surface area contributed by atoms with E-state index in [1.54, 1.807) is 22.9 Å². The maximum atomic E-state index is 12.3. The van der Waals surface area contributed by atoms with Crippen LogP contribution in [0.4, 0.5) is 5.82 Å². The van der Waals surface area contributed by atoms with Gasteiger partial charge in [-0.1, -0.05) is 6.92 Å². The molecule has 1 N–H and O–H groups in total. The fourth-order valence-electron chi connectivity index (χ4n) is 1.65. The van der Waals surface area contributed by atoms with Gasteiger partial charge in [-0.05, 0) is 31.8 Å². The molecule has 1 aromatic rings. The van der Waals surface area contributed by atoms with Crippen LogP contribution in [0.1, 0.15) is 37.2 Å². The molecule has 0 saturated carbocycles. The van der Waals surface area contributed by atoms with Crippen molar-refractivity contribution in [2.24, 2.45) is 0 Å². The Labute approximate surface area is 125 Å². The number of anilines is 1. The Bertz CT molecular complexity index is 410. The first-order valence-electron chi connectivity index (χ1n) is 6.92. The number of nitrogens with zero attached hydrogens (tertiary/aromatic N) is 3. The van der Waals surface area contributed by atoms with Gasteiger partial charge >= 0.3 is 0 Å². The molecule has 0 radical (unpaired) electrons. The maximum Gasteiger partial charge on any atom is 0.274 e. The number of carbonyl (C=O) groups is 1. The maximum absolute atomic E-state index is 12.3. The van der Waals surface area contributed by atoms with Crippen molar-refractivity contribution in [2.75, 3.05) is 30.9 Å². The summed E-state index contributed by atoms with van der Waals surface area (Å²) >= 11 is 1.79. The third-order valence-corrected chi connectivity index (χ3v) is 3.79. The second kappa shape index (κ2) is 8.79. The summed E-state index contributed by atoms with van der Waals surface area (Å²) in [5, 5.41) is 3.14. The molecule has 1 heterocycles. The van der Waals surface area contributed by atoms with Crippen LogP contribution in [0.5, 0.6) is 0 Å². The number of rotatable bonds is 8. The van der Waals surface area contributed by atoms with E-state index < -0.39 is 0 Å². The first kappa shape index (κ1) is 16.8. The molecule has 0 aliphatic heterocycles. The average molecular weight is 296 g/mol. The highest BCUT2D eigenvalue weighted by molar-refractivity contribution is 7.98. The number of aromatic nitrogens is 2. The summed E-state index contributed by atoms with van der Waals surface area (Å²) in [7, 11) is 1.82. The van der Waals surface area contributed by atoms with Crippen molar-refractivity contribution in [3.63, 3.8) is 0 Å². The van der Waals surface area contributed by atoms with Gasteiger partial charge in [-0.15, -0.1) is 0 Å². The van der Waals surface area contributed by atoms with E-state index >= 15 is 0 Å². The van der Waals surface area contributed by atoms with Gasteiger partial charge in [0.05, 0.1) is 12.4 Å². The van der Waals surface area contributed by atoms with Gasteiger partial charge in [-0.2, -0.15) is 11.8 Å². The standard InChI is InChI=1S/C14H24N4OS/c1-5-7-15-13-10-16-12(9-17-13)14(19)18(3)11(2)6-8-20-4/h9-11H,5-8H2,1-4H3,(H,15,17). The molecule has 1 aromatic heterocycles. The van der Waals surface area contributed by atoms with Gasteiger partial charge in [0.15, 0.2) is 0 Å². The Hall–Kier alpha value is -1.30. The highest BCUT2D eigenvalue weighted by atomic mass is 32.2. The van der Waals surface area contributed by atoms with Crippen molar-refractivity contribution < 1.29 is 4.79 Å². The summed E-state index contributed by atoms with van der Waals surface area (Å²) < 4.78 is 0. The molecular formula is C14H24N4OS. The van der Waals surface area contributed by atoms with Gasteiger partial charge in [0.25, 0.3) is 5.91 Å². The molecule has 112 valence electrons. The van der Waals surface area contributed by atoms with Gasteiger partial charge in [-0.3, -0.25) is 4.79 Å². The predicted octanol–water partition coefficient (Wildman–Crippen LogP) is 2.51. The van der Waals surface area contributed by atoms with Crippen LogP contribution in [0.3, 0.4) is 0 Å². The van der Waals surface area contributed by atoms with Gasteiger partial charge in [-0.25, -0.2) is 9.97 Å². The van der Waals surface area contributed by atoms with Crippen molar-refractivity contribution in [1.29, 1.82) is 0 Å². The third-order valence-electron chi connectivity index (χ3n) is 3.15. The molecule has 1 atom stereocenters. The van der Waals surface area contributed by atoms with Gasteiger partial charge < -0.3 is 10.2 Å². The molecule has 0 fully saturated rings. The largest absolute Gasteiger partial charge is 0.369 e. The van der Waals surface area contributed by atoms with Crippen molar-refractivity contribution in [2.45, 2.75) is 32.7 Å². The SMILES string of the molecule is CCCNc1cnc(C(=O)N(C)C(C)CCSC)cn1. The smallest absolute Gasteiger partial charge is 0.274 e. The number of thioether (sulfide) groups is 1. The zero-order valence-corrected chi connectivity index (χ0v) is 13.5. The number of carbonyl (C=O) groups excluding carboxylic acids is 1. The Morgan fingerprint density at radius 2 is 2.20 bits per heavy atom. The molecule has 0 aliphatic rings. The second-order valence-electron chi connectivity index (χ2n) is 4.76. The van der Waals surface area contributed by atoms with Crippen LogP contribution < -0.4 is 5.32 Å². The zero-order valence-electron chi connectivity index (χ0n) is 12.7. The molecule has 5 nitrogen and oxygen atoms in total. The van der Waals surface area contributed by atoms with Crippen molar-refractivity contribution >= 4 is 23.5 Å². The van der Waals surface area contributed by atoms with E-state index in [0.717, 1.165) is 25.1 Å². The molecule has 20 heavy (non-hydrogen) atoms. The predicted molar refractivity (Wildman–Crippen MR) is 85.4 cm³/mol. The summed E-state index contributed by atoms with van der Waals surface area (Å²) in [6, 6.07) is 0.203. The van der Waals surface area contributed by atoms with Crippen LogP contribution in [-0.2, 0) is 0 Å². The van der Waals surface area contributed by atoms with E-state index in [1.165, 1.54) is 6.20 Å². The van der Waals surface area contributed by atoms with Gasteiger partial charge in [0.1, 0.15) is 11.5 Å². The number of nitrogens with one attached hydrogen (secondary N) is 1. The third kappa shape index (κ3) is 5.00. The number of hydrogen-bond donors (Lipinski definition) is 1. The number of hydrogen-bond acceptors (Lipinski definition) is 5. The van der Waals surface area contributed by atoms with Crippen molar-refractivity contribution in [3.8, 4) is 0 Å². The van der Waals surface area contributed by atoms with Crippen LogP contribution in [0.25, 0.3) is 0 Å². The molecule has 1 unspecified atom stereocenters. The van der Waals surface area contributed by atoms with E-state index in [1.807, 2.05) is 7.05 Å². The minimum absolute atomic E-state index is 0.0758. The van der Waals surface area contributed by atoms with Crippen molar-refractivity contribution in [1.82, 2.24) is 14.9 Å². The van der Waals surface area contributed by atoms with Crippen LogP contribution >= 0.6 is 11.8 Å². The fourth-order valence-corrected chi connectivity index (χ4v) is 2.22. The second-order valence-corrected chi connectivity index (χ2v) is 5.75. The Balaban J connectivity index is 2.62. The zero-order chi connectivity index (χ0) is 15.0. The highest BCUT2D eigenvalue weighted by Gasteiger charge is 2.18. The lowest BCUT2D eigenvalue weighted by Gasteiger charge is -2.24. The quantitative estimate of drug-likeness (QED) is 0.799. The van der Waals surface area contributed by atoms with E-state index in [4.69, 9.17) is 0 Å². The molecule has 1 rings (SSSR count). The summed E-state index contributed by atoms with van der Waals surface area (Å²) in [6.07, 6.45) is 7.23. The lowest BCUT2D eigenvalue weighted by atomic mass is 10.2. The van der Waals surface area contributed by atoms with Gasteiger partial charge in [0, 0.05) is 19.6 Å². The first-order chi connectivity index (χ1) is 9.60. The Morgan fingerprint density at radius 3 is 2.75 bits per heavy atom. The van der Waals surface area contributed by atoms with Crippen LogP contribution in [0, 0.1) is 0 Å². The Kier molecular flexibility index (Phi) is 7.36. The minimum Gasteiger partial charge on any atom is -0.369 e. The van der Waals surface area contributed by atoms with E-state index in [2.05, 4.69) is 35.4 Å². The summed E-state index contributed by atoms with van der Waals surface area (Å²) in [6.45, 7) is 5.00. The summed E-state index contributed by atoms with van der Waals surface area (Å²) in [4.78, 5) is 22.4. The van der Waals surface area contributed by atoms with Crippen LogP contribution in [0.2, 0.25) is 0 Å². The Morgan fingerprint density at radius 1 is 1.45 bits per heavy atom.